The van der Waals surface area contributed by atoms with Gasteiger partial charge in [0.05, 0.1) is 35.9 Å². The van der Waals surface area contributed by atoms with Gasteiger partial charge in [0, 0.05) is 6.54 Å². The maximum atomic E-state index is 12.1. The number of rotatable bonds is 5. The van der Waals surface area contributed by atoms with Gasteiger partial charge in [0.2, 0.25) is 0 Å². The number of carbonyl (C=O) groups is 1. The Balaban J connectivity index is 1.65. The molecule has 2 aliphatic rings. The molecule has 2 atom stereocenters. The minimum Gasteiger partial charge on any atom is -0.444 e. The molecule has 1 aliphatic carbocycles. The molecule has 2 rings (SSSR count). The first-order valence-corrected chi connectivity index (χ1v) is 9.95. The van der Waals surface area contributed by atoms with Crippen LogP contribution in [0.1, 0.15) is 52.9 Å². The Kier molecular flexibility index (Phi) is 7.41. The zero-order valence-corrected chi connectivity index (χ0v) is 16.7. The predicted molar refractivity (Wildman–Crippen MR) is 98.2 cm³/mol. The second-order valence-corrected chi connectivity index (χ2v) is 9.04. The summed E-state index contributed by atoms with van der Waals surface area (Å²) in [5.41, 5.74) is -0.454. The fourth-order valence-electron chi connectivity index (χ4n) is 3.01. The molecule has 1 saturated heterocycles. The van der Waals surface area contributed by atoms with Crippen molar-refractivity contribution in [1.29, 1.82) is 0 Å². The van der Waals surface area contributed by atoms with Gasteiger partial charge in [0.1, 0.15) is 5.60 Å². The van der Waals surface area contributed by atoms with Crippen LogP contribution < -0.4 is 0 Å². The highest BCUT2D eigenvalue weighted by molar-refractivity contribution is 14.1. The van der Waals surface area contributed by atoms with Gasteiger partial charge in [-0.05, 0) is 33.6 Å². The van der Waals surface area contributed by atoms with Crippen LogP contribution in [0.25, 0.3) is 0 Å². The van der Waals surface area contributed by atoms with E-state index >= 15 is 0 Å². The molecular formula is C17H30INO4. The van der Waals surface area contributed by atoms with Crippen LogP contribution in [0.5, 0.6) is 0 Å². The van der Waals surface area contributed by atoms with E-state index in [2.05, 4.69) is 22.6 Å². The summed E-state index contributed by atoms with van der Waals surface area (Å²) in [5.74, 6) is 0. The van der Waals surface area contributed by atoms with E-state index < -0.39 is 5.60 Å². The minimum absolute atomic E-state index is 0.0677. The van der Waals surface area contributed by atoms with Gasteiger partial charge in [-0.3, -0.25) is 0 Å². The summed E-state index contributed by atoms with van der Waals surface area (Å²) in [6.07, 6.45) is 6.53. The van der Waals surface area contributed by atoms with Gasteiger partial charge in [-0.25, -0.2) is 4.79 Å². The van der Waals surface area contributed by atoms with E-state index in [4.69, 9.17) is 14.2 Å². The van der Waals surface area contributed by atoms with Crippen molar-refractivity contribution in [3.05, 3.63) is 0 Å². The normalized spacial score (nSPS) is 26.5. The van der Waals surface area contributed by atoms with Crippen molar-refractivity contribution in [2.24, 2.45) is 0 Å². The minimum atomic E-state index is -0.454. The van der Waals surface area contributed by atoms with Crippen molar-refractivity contribution in [2.75, 3.05) is 26.3 Å². The van der Waals surface area contributed by atoms with Gasteiger partial charge in [0.15, 0.2) is 0 Å². The van der Waals surface area contributed by atoms with E-state index in [0.29, 0.717) is 36.3 Å². The smallest absolute Gasteiger partial charge is 0.410 e. The molecule has 0 bridgehead atoms. The number of likely N-dealkylation sites (tertiary alicyclic amines) is 1. The number of hydrogen-bond donors (Lipinski definition) is 0. The van der Waals surface area contributed by atoms with Crippen LogP contribution >= 0.6 is 22.6 Å². The first-order chi connectivity index (χ1) is 10.8. The van der Waals surface area contributed by atoms with Gasteiger partial charge in [0.25, 0.3) is 0 Å². The lowest BCUT2D eigenvalue weighted by Crippen LogP contribution is -2.36. The third-order valence-electron chi connectivity index (χ3n) is 4.17. The number of ether oxygens (including phenoxy) is 3. The number of amides is 1. The first kappa shape index (κ1) is 19.2. The van der Waals surface area contributed by atoms with E-state index in [0.717, 1.165) is 0 Å². The molecule has 0 aromatic carbocycles. The van der Waals surface area contributed by atoms with Crippen LogP contribution in [0, 0.1) is 0 Å². The number of halogens is 1. The zero-order chi connectivity index (χ0) is 16.9. The summed E-state index contributed by atoms with van der Waals surface area (Å²) < 4.78 is 17.5. The monoisotopic (exact) mass is 439 g/mol. The topological polar surface area (TPSA) is 48.0 Å². The molecule has 5 nitrogen and oxygen atoms in total. The second kappa shape index (κ2) is 8.85. The van der Waals surface area contributed by atoms with Crippen LogP contribution in [0.4, 0.5) is 4.79 Å². The van der Waals surface area contributed by atoms with Crippen LogP contribution in [0.2, 0.25) is 0 Å². The Morgan fingerprint density at radius 1 is 1.09 bits per heavy atom. The van der Waals surface area contributed by atoms with E-state index in [-0.39, 0.29) is 12.2 Å². The molecule has 2 unspecified atom stereocenters. The maximum Gasteiger partial charge on any atom is 0.410 e. The van der Waals surface area contributed by atoms with Crippen molar-refractivity contribution in [2.45, 2.75) is 74.6 Å². The zero-order valence-electron chi connectivity index (χ0n) is 14.6. The Bertz CT molecular complexity index is 379. The van der Waals surface area contributed by atoms with Crippen molar-refractivity contribution in [3.63, 3.8) is 0 Å². The molecule has 6 heteroatoms. The molecule has 0 N–H and O–H groups in total. The molecule has 0 aromatic heterocycles. The average Bonchev–Trinajstić information content (AvgIpc) is 2.84. The molecule has 2 fully saturated rings. The number of alkyl halides is 1. The van der Waals surface area contributed by atoms with Crippen LogP contribution in [0.15, 0.2) is 0 Å². The average molecular weight is 439 g/mol. The van der Waals surface area contributed by atoms with E-state index in [9.17, 15) is 4.79 Å². The summed E-state index contributed by atoms with van der Waals surface area (Å²) in [4.78, 5) is 13.9. The summed E-state index contributed by atoms with van der Waals surface area (Å²) in [7, 11) is 0. The fourth-order valence-corrected chi connectivity index (χ4v) is 3.92. The van der Waals surface area contributed by atoms with Crippen molar-refractivity contribution < 1.29 is 19.0 Å². The molecular weight excluding hydrogens is 409 g/mol. The van der Waals surface area contributed by atoms with Crippen molar-refractivity contribution in [3.8, 4) is 0 Å². The van der Waals surface area contributed by atoms with Gasteiger partial charge in [-0.2, -0.15) is 0 Å². The SMILES string of the molecule is CC(C)(C)OC(=O)N1CC(I)C(OCCOC2CCCCC2)C1. The molecule has 0 spiro atoms. The Morgan fingerprint density at radius 2 is 1.74 bits per heavy atom. The highest BCUT2D eigenvalue weighted by Crippen LogP contribution is 2.23. The third-order valence-corrected chi connectivity index (χ3v) is 5.37. The molecule has 1 saturated carbocycles. The summed E-state index contributed by atoms with van der Waals surface area (Å²) >= 11 is 2.36. The Labute approximate surface area is 153 Å². The standard InChI is InChI=1S/C17H30INO4/c1-17(2,3)23-16(20)19-11-14(18)15(12-19)22-10-9-21-13-7-5-4-6-8-13/h13-15H,4-12H2,1-3H3. The largest absolute Gasteiger partial charge is 0.444 e. The maximum absolute atomic E-state index is 12.1. The molecule has 134 valence electrons. The summed E-state index contributed by atoms with van der Waals surface area (Å²) in [6, 6.07) is 0. The van der Waals surface area contributed by atoms with E-state index in [1.54, 1.807) is 4.90 Å². The van der Waals surface area contributed by atoms with E-state index in [1.165, 1.54) is 32.1 Å². The predicted octanol–water partition coefficient (Wildman–Crippen LogP) is 3.78. The van der Waals surface area contributed by atoms with E-state index in [1.807, 2.05) is 20.8 Å². The lowest BCUT2D eigenvalue weighted by atomic mass is 9.98. The second-order valence-electron chi connectivity index (χ2n) is 7.44. The van der Waals surface area contributed by atoms with Gasteiger partial charge >= 0.3 is 6.09 Å². The molecule has 1 aliphatic heterocycles. The third kappa shape index (κ3) is 6.74. The lowest BCUT2D eigenvalue weighted by molar-refractivity contribution is -0.0286. The quantitative estimate of drug-likeness (QED) is 0.372. The van der Waals surface area contributed by atoms with Gasteiger partial charge in [-0.1, -0.05) is 41.9 Å². The Morgan fingerprint density at radius 3 is 2.39 bits per heavy atom. The van der Waals surface area contributed by atoms with Crippen LogP contribution in [0.3, 0.4) is 0 Å². The molecule has 0 aromatic rings. The number of carbonyl (C=O) groups excluding carboxylic acids is 1. The van der Waals surface area contributed by atoms with Gasteiger partial charge in [-0.15, -0.1) is 0 Å². The molecule has 1 amide bonds. The first-order valence-electron chi connectivity index (χ1n) is 8.70. The fraction of sp³-hybridized carbons (Fsp3) is 0.941. The molecule has 0 radical (unpaired) electrons. The molecule has 1 heterocycles. The van der Waals surface area contributed by atoms with Crippen molar-refractivity contribution in [1.82, 2.24) is 4.90 Å². The molecule has 23 heavy (non-hydrogen) atoms. The van der Waals surface area contributed by atoms with Crippen LogP contribution in [-0.2, 0) is 14.2 Å². The lowest BCUT2D eigenvalue weighted by Gasteiger charge is -2.24. The number of hydrogen-bond acceptors (Lipinski definition) is 4. The van der Waals surface area contributed by atoms with Gasteiger partial charge < -0.3 is 19.1 Å². The van der Waals surface area contributed by atoms with Crippen LogP contribution in [-0.4, -0.2) is 59.0 Å². The summed E-state index contributed by atoms with van der Waals surface area (Å²) in [6.45, 7) is 8.20. The van der Waals surface area contributed by atoms with Crippen molar-refractivity contribution >= 4 is 28.7 Å². The Hall–Kier alpha value is -0.0800. The number of nitrogens with zero attached hydrogens (tertiary/aromatic N) is 1. The highest BCUT2D eigenvalue weighted by atomic mass is 127. The highest BCUT2D eigenvalue weighted by Gasteiger charge is 2.36. The summed E-state index contributed by atoms with van der Waals surface area (Å²) in [5, 5.41) is 0.